The van der Waals surface area contributed by atoms with Gasteiger partial charge in [-0.15, -0.1) is 0 Å². The predicted molar refractivity (Wildman–Crippen MR) is 192 cm³/mol. The minimum atomic E-state index is -0.390. The lowest BCUT2D eigenvalue weighted by Crippen LogP contribution is -2.54. The average molecular weight is 594 g/mol. The molecule has 0 saturated heterocycles. The molecule has 0 spiro atoms. The van der Waals surface area contributed by atoms with E-state index in [2.05, 4.69) is 170 Å². The van der Waals surface area contributed by atoms with E-state index in [1.807, 2.05) is 0 Å². The second-order valence-corrected chi connectivity index (χ2v) is 14.0. The summed E-state index contributed by atoms with van der Waals surface area (Å²) in [5.41, 5.74) is 14.5. The highest BCUT2D eigenvalue weighted by Crippen LogP contribution is 2.62. The molecule has 224 valence electrons. The Hall–Kier alpha value is -4.88. The highest BCUT2D eigenvalue weighted by molar-refractivity contribution is 5.89. The standard InChI is InChI=1S/C45H39N/c1-43-28-14-15-29-44(43,2)46(36-20-10-5-11-21-36)42-27-25-33(31-41(42)43)32-24-26-38-37-22-12-13-23-39(37)45(40(38)30-32,34-16-6-3-7-17-34)35-18-8-4-9-19-35/h3-13,16-27,30-31H,14-15,28-29H2,1-2H3. The minimum absolute atomic E-state index is 0.0446. The van der Waals surface area contributed by atoms with Gasteiger partial charge in [-0.2, -0.15) is 0 Å². The van der Waals surface area contributed by atoms with Gasteiger partial charge in [-0.1, -0.05) is 141 Å². The summed E-state index contributed by atoms with van der Waals surface area (Å²) >= 11 is 0. The van der Waals surface area contributed by atoms with Crippen molar-refractivity contribution in [2.24, 2.45) is 0 Å². The van der Waals surface area contributed by atoms with Gasteiger partial charge >= 0.3 is 0 Å². The van der Waals surface area contributed by atoms with Crippen molar-refractivity contribution >= 4 is 11.4 Å². The molecule has 2 unspecified atom stereocenters. The largest absolute Gasteiger partial charge is 0.334 e. The van der Waals surface area contributed by atoms with Crippen LogP contribution < -0.4 is 4.90 Å². The molecule has 0 aromatic heterocycles. The van der Waals surface area contributed by atoms with Crippen LogP contribution >= 0.6 is 0 Å². The molecule has 0 N–H and O–H groups in total. The number of fused-ring (bicyclic) bond motifs is 6. The molecule has 1 aliphatic heterocycles. The van der Waals surface area contributed by atoms with E-state index < -0.39 is 0 Å². The molecular weight excluding hydrogens is 555 g/mol. The Morgan fingerprint density at radius 1 is 0.478 bits per heavy atom. The van der Waals surface area contributed by atoms with Gasteiger partial charge in [-0.05, 0) is 100 Å². The van der Waals surface area contributed by atoms with Crippen LogP contribution in [-0.4, -0.2) is 5.54 Å². The zero-order chi connectivity index (χ0) is 30.9. The molecule has 46 heavy (non-hydrogen) atoms. The van der Waals surface area contributed by atoms with Crippen molar-refractivity contribution in [2.45, 2.75) is 55.9 Å². The first kappa shape index (κ1) is 27.4. The van der Waals surface area contributed by atoms with Crippen LogP contribution in [0.4, 0.5) is 11.4 Å². The van der Waals surface area contributed by atoms with Gasteiger partial charge in [0.2, 0.25) is 0 Å². The first-order valence-corrected chi connectivity index (χ1v) is 16.9. The van der Waals surface area contributed by atoms with E-state index >= 15 is 0 Å². The second-order valence-electron chi connectivity index (χ2n) is 14.0. The highest BCUT2D eigenvalue weighted by Gasteiger charge is 2.57. The van der Waals surface area contributed by atoms with Crippen molar-refractivity contribution in [3.05, 3.63) is 179 Å². The van der Waals surface area contributed by atoms with Gasteiger partial charge in [0, 0.05) is 16.8 Å². The lowest BCUT2D eigenvalue weighted by molar-refractivity contribution is 0.195. The third kappa shape index (κ3) is 3.57. The normalized spacial score (nSPS) is 22.1. The van der Waals surface area contributed by atoms with Crippen LogP contribution in [0.15, 0.2) is 152 Å². The first-order chi connectivity index (χ1) is 22.6. The summed E-state index contributed by atoms with van der Waals surface area (Å²) in [5.74, 6) is 0. The second kappa shape index (κ2) is 10.1. The first-order valence-electron chi connectivity index (χ1n) is 16.9. The molecule has 0 bridgehead atoms. The van der Waals surface area contributed by atoms with Crippen LogP contribution in [0, 0.1) is 0 Å². The molecule has 1 heteroatoms. The Kier molecular flexibility index (Phi) is 6.00. The fraction of sp³-hybridized carbons (Fsp3) is 0.200. The number of nitrogens with zero attached hydrogens (tertiary/aromatic N) is 1. The smallest absolute Gasteiger partial charge is 0.0713 e. The lowest BCUT2D eigenvalue weighted by atomic mass is 9.61. The molecule has 9 rings (SSSR count). The van der Waals surface area contributed by atoms with Gasteiger partial charge in [0.05, 0.1) is 11.0 Å². The number of rotatable bonds is 4. The van der Waals surface area contributed by atoms with E-state index in [1.165, 1.54) is 87.1 Å². The van der Waals surface area contributed by atoms with Gasteiger partial charge in [0.1, 0.15) is 0 Å². The topological polar surface area (TPSA) is 3.24 Å². The highest BCUT2D eigenvalue weighted by atomic mass is 15.3. The van der Waals surface area contributed by atoms with E-state index in [-0.39, 0.29) is 16.4 Å². The van der Waals surface area contributed by atoms with Crippen LogP contribution in [0.25, 0.3) is 22.3 Å². The molecule has 1 saturated carbocycles. The number of benzene rings is 6. The average Bonchev–Trinajstić information content (AvgIpc) is 3.52. The maximum atomic E-state index is 2.67. The molecule has 0 amide bonds. The summed E-state index contributed by atoms with van der Waals surface area (Å²) in [6.45, 7) is 5.05. The Bertz CT molecular complexity index is 2040. The molecule has 6 aromatic carbocycles. The molecule has 6 aromatic rings. The Balaban J connectivity index is 1.26. The van der Waals surface area contributed by atoms with E-state index in [0.717, 1.165) is 0 Å². The quantitative estimate of drug-likeness (QED) is 0.196. The van der Waals surface area contributed by atoms with Gasteiger partial charge in [0.15, 0.2) is 0 Å². The molecule has 1 heterocycles. The number of anilines is 2. The zero-order valence-electron chi connectivity index (χ0n) is 26.7. The lowest BCUT2D eigenvalue weighted by Gasteiger charge is -2.50. The van der Waals surface area contributed by atoms with Crippen LogP contribution in [-0.2, 0) is 10.8 Å². The van der Waals surface area contributed by atoms with Crippen molar-refractivity contribution in [1.82, 2.24) is 0 Å². The number of hydrogen-bond donors (Lipinski definition) is 0. The van der Waals surface area contributed by atoms with E-state index in [0.29, 0.717) is 0 Å². The Labute approximate surface area is 273 Å². The molecule has 3 aliphatic rings. The molecule has 2 atom stereocenters. The summed E-state index contributed by atoms with van der Waals surface area (Å²) in [4.78, 5) is 2.67. The summed E-state index contributed by atoms with van der Waals surface area (Å²) in [7, 11) is 0. The Morgan fingerprint density at radius 3 is 1.72 bits per heavy atom. The van der Waals surface area contributed by atoms with Crippen LogP contribution in [0.3, 0.4) is 0 Å². The van der Waals surface area contributed by atoms with E-state index in [4.69, 9.17) is 0 Å². The summed E-state index contributed by atoms with van der Waals surface area (Å²) in [6.07, 6.45) is 4.99. The third-order valence-corrected chi connectivity index (χ3v) is 11.9. The summed E-state index contributed by atoms with van der Waals surface area (Å²) < 4.78 is 0. The van der Waals surface area contributed by atoms with Gasteiger partial charge in [-0.25, -0.2) is 0 Å². The molecule has 1 fully saturated rings. The molecular formula is C45H39N. The molecule has 1 nitrogen and oxygen atoms in total. The van der Waals surface area contributed by atoms with Gasteiger partial charge < -0.3 is 4.90 Å². The minimum Gasteiger partial charge on any atom is -0.334 e. The monoisotopic (exact) mass is 593 g/mol. The van der Waals surface area contributed by atoms with E-state index in [9.17, 15) is 0 Å². The summed E-state index contributed by atoms with van der Waals surface area (Å²) in [6, 6.07) is 56.9. The zero-order valence-corrected chi connectivity index (χ0v) is 26.7. The Morgan fingerprint density at radius 2 is 1.02 bits per heavy atom. The molecule has 0 radical (unpaired) electrons. The van der Waals surface area contributed by atoms with Gasteiger partial charge in [-0.3, -0.25) is 0 Å². The third-order valence-electron chi connectivity index (χ3n) is 11.9. The van der Waals surface area contributed by atoms with Crippen molar-refractivity contribution in [1.29, 1.82) is 0 Å². The predicted octanol–water partition coefficient (Wildman–Crippen LogP) is 11.5. The van der Waals surface area contributed by atoms with Crippen LogP contribution in [0.5, 0.6) is 0 Å². The van der Waals surface area contributed by atoms with Gasteiger partial charge in [0.25, 0.3) is 0 Å². The maximum absolute atomic E-state index is 2.67. The van der Waals surface area contributed by atoms with Crippen molar-refractivity contribution in [2.75, 3.05) is 4.90 Å². The summed E-state index contributed by atoms with van der Waals surface area (Å²) in [5, 5.41) is 0. The van der Waals surface area contributed by atoms with Crippen LogP contribution in [0.1, 0.15) is 67.3 Å². The molecule has 2 aliphatic carbocycles. The van der Waals surface area contributed by atoms with Crippen molar-refractivity contribution in [3.63, 3.8) is 0 Å². The van der Waals surface area contributed by atoms with Crippen molar-refractivity contribution < 1.29 is 0 Å². The fourth-order valence-electron chi connectivity index (χ4n) is 9.52. The number of para-hydroxylation sites is 1. The maximum Gasteiger partial charge on any atom is 0.0713 e. The van der Waals surface area contributed by atoms with Crippen molar-refractivity contribution in [3.8, 4) is 22.3 Å². The van der Waals surface area contributed by atoms with Crippen LogP contribution in [0.2, 0.25) is 0 Å². The number of hydrogen-bond acceptors (Lipinski definition) is 1. The fourth-order valence-corrected chi connectivity index (χ4v) is 9.52. The van der Waals surface area contributed by atoms with E-state index in [1.54, 1.807) is 0 Å². The SMILES string of the molecule is CC12CCCCC1(C)N(c1ccccc1)c1ccc(-c3ccc4c(c3)C(c3ccccc3)(c3ccccc3)c3ccccc3-4)cc12.